The van der Waals surface area contributed by atoms with E-state index in [0.29, 0.717) is 25.4 Å². The van der Waals surface area contributed by atoms with Gasteiger partial charge in [0.2, 0.25) is 0 Å². The number of hydrogen-bond acceptors (Lipinski definition) is 4. The summed E-state index contributed by atoms with van der Waals surface area (Å²) in [5.41, 5.74) is 10.2. The predicted octanol–water partition coefficient (Wildman–Crippen LogP) is 12.5. The summed E-state index contributed by atoms with van der Waals surface area (Å²) in [4.78, 5) is 0. The Hall–Kier alpha value is -3.66. The molecule has 0 radical (unpaired) electrons. The van der Waals surface area contributed by atoms with E-state index in [2.05, 4.69) is 104 Å². The molecule has 3 aromatic rings. The van der Waals surface area contributed by atoms with Crippen molar-refractivity contribution in [1.29, 1.82) is 0 Å². The van der Waals surface area contributed by atoms with Crippen LogP contribution in [0, 0.1) is 6.92 Å². The van der Waals surface area contributed by atoms with Crippen LogP contribution in [0.15, 0.2) is 65.8 Å². The summed E-state index contributed by atoms with van der Waals surface area (Å²) in [6.07, 6.45) is 16.9. The van der Waals surface area contributed by atoms with Crippen molar-refractivity contribution in [3.63, 3.8) is 0 Å². The van der Waals surface area contributed by atoms with E-state index in [1.54, 1.807) is 0 Å². The number of hydrogen-bond donors (Lipinski definition) is 1. The maximum absolute atomic E-state index is 11.1. The molecule has 4 nitrogen and oxygen atoms in total. The molecule has 0 atom stereocenters. The Morgan fingerprint density at radius 3 is 2.12 bits per heavy atom. The number of ether oxygens (including phenoxy) is 3. The highest BCUT2D eigenvalue weighted by molar-refractivity contribution is 5.82. The van der Waals surface area contributed by atoms with Crippen LogP contribution in [0.5, 0.6) is 23.0 Å². The Labute approximate surface area is 297 Å². The molecule has 0 fully saturated rings. The highest BCUT2D eigenvalue weighted by atomic mass is 16.5. The lowest BCUT2D eigenvalue weighted by atomic mass is 9.84. The largest absolute Gasteiger partial charge is 0.508 e. The summed E-state index contributed by atoms with van der Waals surface area (Å²) in [6, 6.07) is 15.2. The second-order valence-corrected chi connectivity index (χ2v) is 14.8. The molecule has 0 bridgehead atoms. The SMILES string of the molecule is CCCCCc1cc(O)c(C/C=C(\C)CCC=C(C)C)c(OCCCOc2cc(CCCCC)cc3c2-c2cc(C)ccc2C(C)(C)O3)c1. The second kappa shape index (κ2) is 18.4. The first-order valence-corrected chi connectivity index (χ1v) is 18.9. The average molecular weight is 667 g/mol. The molecule has 4 rings (SSSR count). The van der Waals surface area contributed by atoms with Crippen LogP contribution in [0.25, 0.3) is 11.1 Å². The van der Waals surface area contributed by atoms with Crippen molar-refractivity contribution < 1.29 is 19.3 Å². The Morgan fingerprint density at radius 1 is 0.796 bits per heavy atom. The molecule has 0 saturated heterocycles. The summed E-state index contributed by atoms with van der Waals surface area (Å²) in [5, 5.41) is 11.1. The lowest BCUT2D eigenvalue weighted by Crippen LogP contribution is -2.29. The van der Waals surface area contributed by atoms with E-state index in [1.807, 2.05) is 6.07 Å². The van der Waals surface area contributed by atoms with E-state index in [1.165, 1.54) is 59.1 Å². The number of unbranched alkanes of at least 4 members (excludes halogenated alkanes) is 4. The molecule has 0 unspecified atom stereocenters. The highest BCUT2D eigenvalue weighted by Crippen LogP contribution is 2.50. The summed E-state index contributed by atoms with van der Waals surface area (Å²) in [5.74, 6) is 2.91. The first-order chi connectivity index (χ1) is 23.5. The molecule has 4 heteroatoms. The van der Waals surface area contributed by atoms with Crippen LogP contribution < -0.4 is 14.2 Å². The molecule has 1 N–H and O–H groups in total. The van der Waals surface area contributed by atoms with Crippen molar-refractivity contribution in [2.24, 2.45) is 0 Å². The molecule has 3 aromatic carbocycles. The third-order valence-corrected chi connectivity index (χ3v) is 9.52. The zero-order valence-electron chi connectivity index (χ0n) is 31.8. The summed E-state index contributed by atoms with van der Waals surface area (Å²) >= 11 is 0. The molecule has 1 heterocycles. The van der Waals surface area contributed by atoms with E-state index in [9.17, 15) is 5.11 Å². The first-order valence-electron chi connectivity index (χ1n) is 18.9. The van der Waals surface area contributed by atoms with E-state index in [-0.39, 0.29) is 0 Å². The van der Waals surface area contributed by atoms with Gasteiger partial charge >= 0.3 is 0 Å². The van der Waals surface area contributed by atoms with Crippen LogP contribution in [-0.2, 0) is 24.9 Å². The highest BCUT2D eigenvalue weighted by Gasteiger charge is 2.34. The summed E-state index contributed by atoms with van der Waals surface area (Å²) < 4.78 is 19.7. The maximum Gasteiger partial charge on any atom is 0.132 e. The molecule has 49 heavy (non-hydrogen) atoms. The van der Waals surface area contributed by atoms with Crippen molar-refractivity contribution in [3.05, 3.63) is 93.6 Å². The van der Waals surface area contributed by atoms with Gasteiger partial charge in [-0.25, -0.2) is 0 Å². The third kappa shape index (κ3) is 10.9. The molecule has 1 aliphatic heterocycles. The number of rotatable bonds is 19. The van der Waals surface area contributed by atoms with Crippen molar-refractivity contribution in [1.82, 2.24) is 0 Å². The Morgan fingerprint density at radius 2 is 1.45 bits per heavy atom. The van der Waals surface area contributed by atoms with Gasteiger partial charge in [-0.15, -0.1) is 0 Å². The Bertz CT molecular complexity index is 1590. The van der Waals surface area contributed by atoms with Crippen LogP contribution in [0.1, 0.15) is 134 Å². The molecule has 266 valence electrons. The Balaban J connectivity index is 1.51. The third-order valence-electron chi connectivity index (χ3n) is 9.52. The normalized spacial score (nSPS) is 13.3. The monoisotopic (exact) mass is 666 g/mol. The minimum Gasteiger partial charge on any atom is -0.508 e. The number of allylic oxidation sites excluding steroid dienone is 4. The smallest absolute Gasteiger partial charge is 0.132 e. The fourth-order valence-corrected chi connectivity index (χ4v) is 6.68. The first kappa shape index (κ1) is 38.1. The number of phenolic OH excluding ortho intramolecular Hbond substituents is 1. The van der Waals surface area contributed by atoms with Gasteiger partial charge in [-0.1, -0.05) is 86.6 Å². The van der Waals surface area contributed by atoms with Gasteiger partial charge in [0, 0.05) is 17.5 Å². The van der Waals surface area contributed by atoms with Crippen molar-refractivity contribution >= 4 is 0 Å². The van der Waals surface area contributed by atoms with Crippen molar-refractivity contribution in [3.8, 4) is 34.1 Å². The molecule has 0 amide bonds. The van der Waals surface area contributed by atoms with E-state index in [0.717, 1.165) is 78.9 Å². The lowest BCUT2D eigenvalue weighted by molar-refractivity contribution is 0.105. The molecular weight excluding hydrogens is 604 g/mol. The quantitative estimate of drug-likeness (QED) is 0.102. The molecule has 0 aliphatic carbocycles. The van der Waals surface area contributed by atoms with E-state index in [4.69, 9.17) is 14.2 Å². The van der Waals surface area contributed by atoms with Crippen LogP contribution >= 0.6 is 0 Å². The van der Waals surface area contributed by atoms with Gasteiger partial charge in [-0.05, 0) is 127 Å². The van der Waals surface area contributed by atoms with Gasteiger partial charge in [0.05, 0.1) is 18.8 Å². The predicted molar refractivity (Wildman–Crippen MR) is 207 cm³/mol. The van der Waals surface area contributed by atoms with Gasteiger partial charge in [0.15, 0.2) is 0 Å². The molecular formula is C45H62O4. The fourth-order valence-electron chi connectivity index (χ4n) is 6.68. The van der Waals surface area contributed by atoms with E-state index < -0.39 is 5.60 Å². The van der Waals surface area contributed by atoms with Gasteiger partial charge in [0.1, 0.15) is 28.6 Å². The van der Waals surface area contributed by atoms with Gasteiger partial charge < -0.3 is 19.3 Å². The van der Waals surface area contributed by atoms with Crippen LogP contribution in [0.2, 0.25) is 0 Å². The van der Waals surface area contributed by atoms with Crippen LogP contribution in [0.4, 0.5) is 0 Å². The Kier molecular flexibility index (Phi) is 14.3. The number of fused-ring (bicyclic) bond motifs is 3. The summed E-state index contributed by atoms with van der Waals surface area (Å²) in [7, 11) is 0. The molecule has 0 saturated carbocycles. The van der Waals surface area contributed by atoms with Gasteiger partial charge in [0.25, 0.3) is 0 Å². The minimum atomic E-state index is -0.420. The van der Waals surface area contributed by atoms with Crippen LogP contribution in [0.3, 0.4) is 0 Å². The minimum absolute atomic E-state index is 0.331. The number of benzene rings is 3. The second-order valence-electron chi connectivity index (χ2n) is 14.8. The lowest BCUT2D eigenvalue weighted by Gasteiger charge is -2.36. The van der Waals surface area contributed by atoms with Gasteiger partial charge in [-0.2, -0.15) is 0 Å². The molecule has 1 aliphatic rings. The van der Waals surface area contributed by atoms with Crippen molar-refractivity contribution in [2.45, 2.75) is 138 Å². The number of aromatic hydroxyl groups is 1. The number of phenols is 1. The number of aryl methyl sites for hydroxylation is 3. The standard InChI is InChI=1S/C45H62O4/c1-9-11-13-19-35-28-40(46)37(23-21-33(5)18-15-17-32(3)4)41(29-35)47-25-16-26-48-42-30-36(20-14-12-10-2)31-43-44(42)38-27-34(6)22-24-39(38)45(7,8)49-43/h17,21-22,24,27-31,46H,9-16,18-20,23,25-26H2,1-8H3/b33-21+. The van der Waals surface area contributed by atoms with Crippen LogP contribution in [-0.4, -0.2) is 18.3 Å². The zero-order valence-corrected chi connectivity index (χ0v) is 31.8. The van der Waals surface area contributed by atoms with E-state index >= 15 is 0 Å². The molecule has 0 spiro atoms. The summed E-state index contributed by atoms with van der Waals surface area (Å²) in [6.45, 7) is 18.4. The maximum atomic E-state index is 11.1. The average Bonchev–Trinajstić information content (AvgIpc) is 3.03. The molecule has 0 aromatic heterocycles. The van der Waals surface area contributed by atoms with Gasteiger partial charge in [-0.3, -0.25) is 0 Å². The van der Waals surface area contributed by atoms with Crippen molar-refractivity contribution in [2.75, 3.05) is 13.2 Å². The topological polar surface area (TPSA) is 47.9 Å². The zero-order chi connectivity index (χ0) is 35.4. The fraction of sp³-hybridized carbons (Fsp3) is 0.511.